The fraction of sp³-hybridized carbons (Fsp3) is 0.556. The highest BCUT2D eigenvalue weighted by Crippen LogP contribution is 2.21. The summed E-state index contributed by atoms with van der Waals surface area (Å²) in [4.78, 5) is 3.08. The Balaban J connectivity index is 2.64. The normalized spacial score (nSPS) is 10.7. The molecule has 0 amide bonds. The molecule has 0 aromatic carbocycles. The van der Waals surface area contributed by atoms with Crippen molar-refractivity contribution >= 4 is 0 Å². The molecule has 0 aliphatic rings. The molecule has 1 nitrogen and oxygen atoms in total. The van der Waals surface area contributed by atoms with Crippen molar-refractivity contribution in [2.24, 2.45) is 0 Å². The van der Waals surface area contributed by atoms with E-state index in [1.165, 1.54) is 18.4 Å². The van der Waals surface area contributed by atoms with Crippen LogP contribution in [0.2, 0.25) is 0 Å². The first-order valence-electron chi connectivity index (χ1n) is 4.01. The summed E-state index contributed by atoms with van der Waals surface area (Å²) in [5.74, 6) is 0.756. The first kappa shape index (κ1) is 7.39. The van der Waals surface area contributed by atoms with E-state index < -0.39 is 0 Å². The van der Waals surface area contributed by atoms with Gasteiger partial charge in [0.05, 0.1) is 0 Å². The standard InChI is InChI=1S/C9H15N/c1-3-8(4-2)9-5-6-10-7-9/h5-8,10H,3-4H2,1-2H3. The Hall–Kier alpha value is -0.720. The lowest BCUT2D eigenvalue weighted by atomic mass is 9.97. The van der Waals surface area contributed by atoms with Gasteiger partial charge in [-0.3, -0.25) is 0 Å². The molecule has 1 rings (SSSR count). The summed E-state index contributed by atoms with van der Waals surface area (Å²) in [6, 6.07) is 2.16. The Kier molecular flexibility index (Phi) is 2.55. The summed E-state index contributed by atoms with van der Waals surface area (Å²) < 4.78 is 0. The van der Waals surface area contributed by atoms with Crippen LogP contribution in [-0.2, 0) is 0 Å². The van der Waals surface area contributed by atoms with Gasteiger partial charge in [-0.15, -0.1) is 0 Å². The molecule has 0 saturated carbocycles. The van der Waals surface area contributed by atoms with E-state index >= 15 is 0 Å². The topological polar surface area (TPSA) is 15.8 Å². The van der Waals surface area contributed by atoms with E-state index in [0.29, 0.717) is 0 Å². The second-order valence-corrected chi connectivity index (χ2v) is 2.66. The minimum atomic E-state index is 0.756. The quantitative estimate of drug-likeness (QED) is 0.659. The van der Waals surface area contributed by atoms with Crippen molar-refractivity contribution < 1.29 is 0 Å². The largest absolute Gasteiger partial charge is 0.367 e. The second-order valence-electron chi connectivity index (χ2n) is 2.66. The van der Waals surface area contributed by atoms with Crippen LogP contribution in [0.15, 0.2) is 18.5 Å². The molecular weight excluding hydrogens is 122 g/mol. The van der Waals surface area contributed by atoms with Gasteiger partial charge in [0.25, 0.3) is 0 Å². The lowest BCUT2D eigenvalue weighted by Gasteiger charge is -2.08. The van der Waals surface area contributed by atoms with Crippen LogP contribution in [0, 0.1) is 0 Å². The van der Waals surface area contributed by atoms with E-state index in [2.05, 4.69) is 31.1 Å². The molecule has 0 aliphatic carbocycles. The molecule has 0 atom stereocenters. The molecule has 1 aromatic heterocycles. The molecule has 1 heterocycles. The number of rotatable bonds is 3. The molecule has 0 fully saturated rings. The van der Waals surface area contributed by atoms with Gasteiger partial charge in [0, 0.05) is 12.4 Å². The van der Waals surface area contributed by atoms with Gasteiger partial charge in [-0.25, -0.2) is 0 Å². The molecule has 0 radical (unpaired) electrons. The number of hydrogen-bond donors (Lipinski definition) is 1. The van der Waals surface area contributed by atoms with E-state index in [4.69, 9.17) is 0 Å². The molecule has 0 aliphatic heterocycles. The number of nitrogens with one attached hydrogen (secondary N) is 1. The summed E-state index contributed by atoms with van der Waals surface area (Å²) in [6.45, 7) is 4.47. The second kappa shape index (κ2) is 3.45. The van der Waals surface area contributed by atoms with Crippen molar-refractivity contribution in [3.8, 4) is 0 Å². The third-order valence-electron chi connectivity index (χ3n) is 2.08. The average molecular weight is 137 g/mol. The van der Waals surface area contributed by atoms with E-state index in [1.54, 1.807) is 0 Å². The highest BCUT2D eigenvalue weighted by Gasteiger charge is 2.05. The predicted octanol–water partition coefficient (Wildman–Crippen LogP) is 2.92. The maximum absolute atomic E-state index is 3.08. The summed E-state index contributed by atoms with van der Waals surface area (Å²) >= 11 is 0. The zero-order valence-corrected chi connectivity index (χ0v) is 6.72. The lowest BCUT2D eigenvalue weighted by molar-refractivity contribution is 0.643. The zero-order valence-electron chi connectivity index (χ0n) is 6.72. The van der Waals surface area contributed by atoms with E-state index in [0.717, 1.165) is 5.92 Å². The van der Waals surface area contributed by atoms with Crippen LogP contribution in [0.25, 0.3) is 0 Å². The van der Waals surface area contributed by atoms with Crippen LogP contribution in [0.5, 0.6) is 0 Å². The molecule has 1 heteroatoms. The average Bonchev–Trinajstić information content (AvgIpc) is 2.43. The zero-order chi connectivity index (χ0) is 7.40. The fourth-order valence-corrected chi connectivity index (χ4v) is 1.35. The number of aromatic nitrogens is 1. The molecule has 56 valence electrons. The first-order chi connectivity index (χ1) is 4.88. The molecule has 10 heavy (non-hydrogen) atoms. The molecule has 1 aromatic rings. The van der Waals surface area contributed by atoms with E-state index in [9.17, 15) is 0 Å². The Labute approximate surface area is 62.5 Å². The van der Waals surface area contributed by atoms with Crippen LogP contribution < -0.4 is 0 Å². The SMILES string of the molecule is CCC(CC)c1cc[nH]c1. The number of hydrogen-bond acceptors (Lipinski definition) is 0. The maximum Gasteiger partial charge on any atom is 0.00401 e. The van der Waals surface area contributed by atoms with Crippen molar-refractivity contribution in [3.05, 3.63) is 24.0 Å². The van der Waals surface area contributed by atoms with Crippen molar-refractivity contribution in [3.63, 3.8) is 0 Å². The molecule has 0 bridgehead atoms. The molecular formula is C9H15N. The lowest BCUT2D eigenvalue weighted by Crippen LogP contribution is -1.91. The Morgan fingerprint density at radius 1 is 1.40 bits per heavy atom. The maximum atomic E-state index is 3.08. The minimum Gasteiger partial charge on any atom is -0.367 e. The van der Waals surface area contributed by atoms with Crippen molar-refractivity contribution in [1.29, 1.82) is 0 Å². The highest BCUT2D eigenvalue weighted by molar-refractivity contribution is 5.13. The molecule has 1 N–H and O–H groups in total. The van der Waals surface area contributed by atoms with Gasteiger partial charge in [0.1, 0.15) is 0 Å². The summed E-state index contributed by atoms with van der Waals surface area (Å²) in [5.41, 5.74) is 1.45. The van der Waals surface area contributed by atoms with Gasteiger partial charge < -0.3 is 4.98 Å². The first-order valence-corrected chi connectivity index (χ1v) is 4.01. The summed E-state index contributed by atoms with van der Waals surface area (Å²) in [5, 5.41) is 0. The van der Waals surface area contributed by atoms with Gasteiger partial charge in [-0.05, 0) is 30.4 Å². The number of H-pyrrole nitrogens is 1. The van der Waals surface area contributed by atoms with Crippen LogP contribution in [-0.4, -0.2) is 4.98 Å². The van der Waals surface area contributed by atoms with Crippen LogP contribution in [0.1, 0.15) is 38.2 Å². The minimum absolute atomic E-state index is 0.756. The predicted molar refractivity (Wildman–Crippen MR) is 44.1 cm³/mol. The third kappa shape index (κ3) is 1.41. The van der Waals surface area contributed by atoms with Gasteiger partial charge >= 0.3 is 0 Å². The molecule has 0 saturated heterocycles. The van der Waals surface area contributed by atoms with Crippen LogP contribution in [0.4, 0.5) is 0 Å². The van der Waals surface area contributed by atoms with Gasteiger partial charge in [0.15, 0.2) is 0 Å². The fourth-order valence-electron chi connectivity index (χ4n) is 1.35. The monoisotopic (exact) mass is 137 g/mol. The van der Waals surface area contributed by atoms with E-state index in [-0.39, 0.29) is 0 Å². The van der Waals surface area contributed by atoms with Crippen LogP contribution in [0.3, 0.4) is 0 Å². The highest BCUT2D eigenvalue weighted by atomic mass is 14.6. The molecule has 0 spiro atoms. The molecule has 0 unspecified atom stereocenters. The van der Waals surface area contributed by atoms with Crippen molar-refractivity contribution in [2.45, 2.75) is 32.6 Å². The smallest absolute Gasteiger partial charge is 0.00401 e. The van der Waals surface area contributed by atoms with Crippen molar-refractivity contribution in [2.75, 3.05) is 0 Å². The van der Waals surface area contributed by atoms with Crippen molar-refractivity contribution in [1.82, 2.24) is 4.98 Å². The number of aromatic amines is 1. The van der Waals surface area contributed by atoms with Gasteiger partial charge in [-0.1, -0.05) is 13.8 Å². The Morgan fingerprint density at radius 3 is 2.50 bits per heavy atom. The third-order valence-corrected chi connectivity index (χ3v) is 2.08. The Bertz CT molecular complexity index is 161. The van der Waals surface area contributed by atoms with Gasteiger partial charge in [-0.2, -0.15) is 0 Å². The summed E-state index contributed by atoms with van der Waals surface area (Å²) in [7, 11) is 0. The Morgan fingerprint density at radius 2 is 2.10 bits per heavy atom. The summed E-state index contributed by atoms with van der Waals surface area (Å²) in [6.07, 6.45) is 6.58. The van der Waals surface area contributed by atoms with E-state index in [1.807, 2.05) is 6.20 Å². The van der Waals surface area contributed by atoms with Gasteiger partial charge in [0.2, 0.25) is 0 Å². The van der Waals surface area contributed by atoms with Crippen LogP contribution >= 0.6 is 0 Å².